The van der Waals surface area contributed by atoms with Crippen LogP contribution in [0.3, 0.4) is 0 Å². The van der Waals surface area contributed by atoms with Gasteiger partial charge in [0.2, 0.25) is 0 Å². The van der Waals surface area contributed by atoms with E-state index in [4.69, 9.17) is 9.47 Å². The lowest BCUT2D eigenvalue weighted by atomic mass is 9.98. The van der Waals surface area contributed by atoms with Gasteiger partial charge in [0.15, 0.2) is 0 Å². The number of rotatable bonds is 5. The lowest BCUT2D eigenvalue weighted by Crippen LogP contribution is -2.54. The fourth-order valence-electron chi connectivity index (χ4n) is 2.78. The standard InChI is InChI=1S/C16H30N2O4/c1-15(2,3)22-14(20)17-10-11-8-7-9-12(11)18-16(4,5)13(19)21-6/h11-12,18H,7-10H2,1-6H3,(H,17,20). The van der Waals surface area contributed by atoms with E-state index >= 15 is 0 Å². The Bertz CT molecular complexity index is 401. The zero-order valence-corrected chi connectivity index (χ0v) is 14.6. The molecular weight excluding hydrogens is 284 g/mol. The van der Waals surface area contributed by atoms with E-state index in [2.05, 4.69) is 10.6 Å². The summed E-state index contributed by atoms with van der Waals surface area (Å²) in [5.41, 5.74) is -1.22. The summed E-state index contributed by atoms with van der Waals surface area (Å²) >= 11 is 0. The number of hydrogen-bond donors (Lipinski definition) is 2. The van der Waals surface area contributed by atoms with Crippen LogP contribution in [0.15, 0.2) is 0 Å². The van der Waals surface area contributed by atoms with Gasteiger partial charge in [0.05, 0.1) is 7.11 Å². The minimum atomic E-state index is -0.728. The molecule has 2 N–H and O–H groups in total. The molecule has 0 saturated heterocycles. The molecule has 0 spiro atoms. The third-order valence-corrected chi connectivity index (χ3v) is 3.81. The van der Waals surface area contributed by atoms with Gasteiger partial charge in [0.25, 0.3) is 0 Å². The van der Waals surface area contributed by atoms with E-state index in [1.54, 1.807) is 0 Å². The molecular formula is C16H30N2O4. The lowest BCUT2D eigenvalue weighted by Gasteiger charge is -2.31. The summed E-state index contributed by atoms with van der Waals surface area (Å²) in [7, 11) is 1.39. The van der Waals surface area contributed by atoms with Gasteiger partial charge in [-0.15, -0.1) is 0 Å². The Hall–Kier alpha value is -1.30. The first-order valence-corrected chi connectivity index (χ1v) is 7.88. The average Bonchev–Trinajstić information content (AvgIpc) is 2.79. The van der Waals surface area contributed by atoms with E-state index in [1.165, 1.54) is 7.11 Å². The number of ether oxygens (including phenoxy) is 2. The van der Waals surface area contributed by atoms with Crippen molar-refractivity contribution in [2.45, 2.75) is 71.1 Å². The molecule has 6 heteroatoms. The van der Waals surface area contributed by atoms with Crippen LogP contribution in [-0.2, 0) is 14.3 Å². The first-order valence-electron chi connectivity index (χ1n) is 7.88. The molecule has 1 aliphatic carbocycles. The predicted octanol–water partition coefficient (Wildman–Crippen LogP) is 2.22. The number of esters is 1. The Balaban J connectivity index is 2.50. The summed E-state index contributed by atoms with van der Waals surface area (Å²) in [6, 6.07) is 0.184. The van der Waals surface area contributed by atoms with Gasteiger partial charge in [-0.2, -0.15) is 0 Å². The van der Waals surface area contributed by atoms with Crippen molar-refractivity contribution >= 4 is 12.1 Å². The van der Waals surface area contributed by atoms with Crippen LogP contribution < -0.4 is 10.6 Å². The molecule has 6 nitrogen and oxygen atoms in total. The van der Waals surface area contributed by atoms with Gasteiger partial charge < -0.3 is 14.8 Å². The molecule has 0 aliphatic heterocycles. The van der Waals surface area contributed by atoms with Crippen LogP contribution in [0.5, 0.6) is 0 Å². The Morgan fingerprint density at radius 1 is 1.14 bits per heavy atom. The first kappa shape index (κ1) is 18.7. The first-order chi connectivity index (χ1) is 10.0. The monoisotopic (exact) mass is 314 g/mol. The van der Waals surface area contributed by atoms with Crippen LogP contribution in [0.25, 0.3) is 0 Å². The van der Waals surface area contributed by atoms with Crippen LogP contribution in [0.4, 0.5) is 4.79 Å². The van der Waals surface area contributed by atoms with Crippen molar-refractivity contribution < 1.29 is 19.1 Å². The SMILES string of the molecule is COC(=O)C(C)(C)NC1CCCC1CNC(=O)OC(C)(C)C. The highest BCUT2D eigenvalue weighted by Crippen LogP contribution is 2.27. The van der Waals surface area contributed by atoms with Crippen molar-refractivity contribution in [1.82, 2.24) is 10.6 Å². The number of carbonyl (C=O) groups excluding carboxylic acids is 2. The Morgan fingerprint density at radius 3 is 2.32 bits per heavy atom. The third-order valence-electron chi connectivity index (χ3n) is 3.81. The molecule has 2 unspecified atom stereocenters. The summed E-state index contributed by atoms with van der Waals surface area (Å²) < 4.78 is 10.1. The van der Waals surface area contributed by atoms with Crippen molar-refractivity contribution in [3.63, 3.8) is 0 Å². The lowest BCUT2D eigenvalue weighted by molar-refractivity contribution is -0.147. The van der Waals surface area contributed by atoms with Crippen molar-refractivity contribution in [2.24, 2.45) is 5.92 Å². The maximum atomic E-state index is 11.8. The van der Waals surface area contributed by atoms with E-state index in [0.29, 0.717) is 6.54 Å². The number of methoxy groups -OCH3 is 1. The minimum absolute atomic E-state index is 0.184. The summed E-state index contributed by atoms with van der Waals surface area (Å²) in [4.78, 5) is 23.5. The highest BCUT2D eigenvalue weighted by atomic mass is 16.6. The van der Waals surface area contributed by atoms with Gasteiger partial charge in [-0.3, -0.25) is 10.1 Å². The van der Waals surface area contributed by atoms with E-state index in [1.807, 2.05) is 34.6 Å². The van der Waals surface area contributed by atoms with Gasteiger partial charge in [-0.05, 0) is 53.4 Å². The second-order valence-corrected chi connectivity index (χ2v) is 7.44. The molecule has 22 heavy (non-hydrogen) atoms. The zero-order chi connectivity index (χ0) is 17.0. The van der Waals surface area contributed by atoms with Crippen molar-refractivity contribution in [2.75, 3.05) is 13.7 Å². The Morgan fingerprint density at radius 2 is 1.77 bits per heavy atom. The second kappa shape index (κ2) is 7.31. The fourth-order valence-corrected chi connectivity index (χ4v) is 2.78. The summed E-state index contributed by atoms with van der Waals surface area (Å²) in [6.45, 7) is 9.69. The molecule has 0 bridgehead atoms. The van der Waals surface area contributed by atoms with Crippen LogP contribution in [0.1, 0.15) is 53.9 Å². The van der Waals surface area contributed by atoms with Gasteiger partial charge in [-0.25, -0.2) is 4.79 Å². The maximum Gasteiger partial charge on any atom is 0.407 e. The maximum absolute atomic E-state index is 11.8. The topological polar surface area (TPSA) is 76.7 Å². The van der Waals surface area contributed by atoms with E-state index in [0.717, 1.165) is 19.3 Å². The molecule has 1 amide bonds. The zero-order valence-electron chi connectivity index (χ0n) is 14.6. The Labute approximate surface area is 133 Å². The summed E-state index contributed by atoms with van der Waals surface area (Å²) in [5, 5.41) is 6.18. The molecule has 0 aromatic carbocycles. The highest BCUT2D eigenvalue weighted by Gasteiger charge is 2.36. The molecule has 1 aliphatic rings. The van der Waals surface area contributed by atoms with Gasteiger partial charge in [0, 0.05) is 12.6 Å². The number of carbonyl (C=O) groups is 2. The number of nitrogens with one attached hydrogen (secondary N) is 2. The van der Waals surface area contributed by atoms with Crippen LogP contribution in [0, 0.1) is 5.92 Å². The molecule has 1 saturated carbocycles. The predicted molar refractivity (Wildman–Crippen MR) is 84.6 cm³/mol. The third kappa shape index (κ3) is 5.83. The molecule has 0 aromatic rings. The molecule has 1 fully saturated rings. The van der Waals surface area contributed by atoms with E-state index in [9.17, 15) is 9.59 Å². The quantitative estimate of drug-likeness (QED) is 0.761. The summed E-state index contributed by atoms with van der Waals surface area (Å²) in [6.07, 6.45) is 2.69. The fraction of sp³-hybridized carbons (Fsp3) is 0.875. The number of hydrogen-bond acceptors (Lipinski definition) is 5. The molecule has 1 rings (SSSR count). The normalized spacial score (nSPS) is 22.3. The average molecular weight is 314 g/mol. The molecule has 0 heterocycles. The molecule has 2 atom stereocenters. The van der Waals surface area contributed by atoms with E-state index in [-0.39, 0.29) is 17.9 Å². The van der Waals surface area contributed by atoms with Crippen LogP contribution in [0.2, 0.25) is 0 Å². The smallest absolute Gasteiger partial charge is 0.407 e. The molecule has 128 valence electrons. The highest BCUT2D eigenvalue weighted by molar-refractivity contribution is 5.79. The van der Waals surface area contributed by atoms with Crippen molar-refractivity contribution in [3.8, 4) is 0 Å². The van der Waals surface area contributed by atoms with E-state index < -0.39 is 17.2 Å². The van der Waals surface area contributed by atoms with Gasteiger partial charge in [0.1, 0.15) is 11.1 Å². The molecule has 0 radical (unpaired) electrons. The minimum Gasteiger partial charge on any atom is -0.468 e. The second-order valence-electron chi connectivity index (χ2n) is 7.44. The number of amides is 1. The van der Waals surface area contributed by atoms with Gasteiger partial charge in [-0.1, -0.05) is 6.42 Å². The number of alkyl carbamates (subject to hydrolysis) is 1. The Kier molecular flexibility index (Phi) is 6.23. The van der Waals surface area contributed by atoms with Crippen LogP contribution in [-0.4, -0.2) is 42.9 Å². The largest absolute Gasteiger partial charge is 0.468 e. The summed E-state index contributed by atoms with van der Waals surface area (Å²) in [5.74, 6) is 0.00898. The van der Waals surface area contributed by atoms with Crippen molar-refractivity contribution in [1.29, 1.82) is 0 Å². The van der Waals surface area contributed by atoms with Gasteiger partial charge >= 0.3 is 12.1 Å². The molecule has 0 aromatic heterocycles. The van der Waals surface area contributed by atoms with Crippen molar-refractivity contribution in [3.05, 3.63) is 0 Å². The van der Waals surface area contributed by atoms with Crippen LogP contribution >= 0.6 is 0 Å².